The van der Waals surface area contributed by atoms with Crippen molar-refractivity contribution in [1.29, 1.82) is 0 Å². The van der Waals surface area contributed by atoms with Crippen LogP contribution in [0.5, 0.6) is 0 Å². The Balaban J connectivity index is 1.76. The molecule has 0 aliphatic carbocycles. The molecule has 0 bridgehead atoms. The summed E-state index contributed by atoms with van der Waals surface area (Å²) in [7, 11) is 1.50. The minimum Gasteiger partial charge on any atom is -0.375 e. The predicted octanol–water partition coefficient (Wildman–Crippen LogP) is 5.27. The van der Waals surface area contributed by atoms with Crippen LogP contribution in [-0.2, 0) is 10.9 Å². The number of ketones is 1. The number of methoxy groups -OCH3 is 1. The molecule has 29 heavy (non-hydrogen) atoms. The molecule has 1 aliphatic rings. The van der Waals surface area contributed by atoms with Crippen LogP contribution in [0.3, 0.4) is 0 Å². The van der Waals surface area contributed by atoms with Crippen molar-refractivity contribution in [1.82, 2.24) is 4.90 Å². The van der Waals surface area contributed by atoms with Crippen molar-refractivity contribution >= 4 is 5.78 Å². The Kier molecular flexibility index (Phi) is 6.70. The second-order valence-electron chi connectivity index (χ2n) is 7.22. The Bertz CT molecular complexity index is 818. The van der Waals surface area contributed by atoms with E-state index in [1.807, 2.05) is 4.90 Å². The monoisotopic (exact) mass is 409 g/mol. The number of halogens is 4. The molecule has 0 N–H and O–H groups in total. The lowest BCUT2D eigenvalue weighted by Gasteiger charge is -2.36. The number of carbonyl (C=O) groups excluding carboxylic acids is 1. The first-order valence-corrected chi connectivity index (χ1v) is 9.53. The van der Waals surface area contributed by atoms with Crippen molar-refractivity contribution in [3.63, 3.8) is 0 Å². The number of nitrogens with zero attached hydrogens (tertiary/aromatic N) is 1. The highest BCUT2D eigenvalue weighted by Crippen LogP contribution is 2.31. The maximum absolute atomic E-state index is 13.2. The van der Waals surface area contributed by atoms with Gasteiger partial charge in [-0.2, -0.15) is 13.2 Å². The average Bonchev–Trinajstić information content (AvgIpc) is 2.72. The largest absolute Gasteiger partial charge is 0.416 e. The Morgan fingerprint density at radius 3 is 2.34 bits per heavy atom. The predicted molar refractivity (Wildman–Crippen MR) is 101 cm³/mol. The molecule has 2 aromatic rings. The molecule has 1 fully saturated rings. The van der Waals surface area contributed by atoms with Crippen LogP contribution in [0.4, 0.5) is 17.6 Å². The number of ether oxygens (including phenoxy) is 1. The van der Waals surface area contributed by atoms with E-state index in [4.69, 9.17) is 4.74 Å². The van der Waals surface area contributed by atoms with Crippen LogP contribution in [0.1, 0.15) is 46.9 Å². The summed E-state index contributed by atoms with van der Waals surface area (Å²) in [5.41, 5.74) is 0.365. The lowest BCUT2D eigenvalue weighted by atomic mass is 9.93. The lowest BCUT2D eigenvalue weighted by Crippen LogP contribution is -2.46. The van der Waals surface area contributed by atoms with Crippen molar-refractivity contribution in [2.24, 2.45) is 0 Å². The molecule has 1 heterocycles. The number of hydrogen-bond acceptors (Lipinski definition) is 3. The van der Waals surface area contributed by atoms with Crippen molar-refractivity contribution in [2.45, 2.75) is 37.6 Å². The highest BCUT2D eigenvalue weighted by atomic mass is 19.4. The number of benzene rings is 2. The topological polar surface area (TPSA) is 29.5 Å². The maximum atomic E-state index is 13.2. The molecule has 3 nitrogen and oxygen atoms in total. The molecule has 1 aliphatic heterocycles. The zero-order valence-corrected chi connectivity index (χ0v) is 16.1. The first-order valence-electron chi connectivity index (χ1n) is 9.53. The number of carbonyl (C=O) groups is 1. The smallest absolute Gasteiger partial charge is 0.375 e. The Hall–Kier alpha value is -2.25. The molecule has 0 aromatic heterocycles. The molecule has 156 valence electrons. The Morgan fingerprint density at radius 1 is 1.10 bits per heavy atom. The van der Waals surface area contributed by atoms with Gasteiger partial charge in [0.1, 0.15) is 5.82 Å². The summed E-state index contributed by atoms with van der Waals surface area (Å²) in [5.74, 6) is -0.476. The maximum Gasteiger partial charge on any atom is 0.416 e. The van der Waals surface area contributed by atoms with Gasteiger partial charge in [-0.3, -0.25) is 9.69 Å². The number of piperidine rings is 1. The van der Waals surface area contributed by atoms with Crippen molar-refractivity contribution in [3.05, 3.63) is 71.0 Å². The minimum absolute atomic E-state index is 0.0769. The zero-order valence-electron chi connectivity index (χ0n) is 16.1. The molecule has 3 rings (SSSR count). The number of rotatable bonds is 6. The number of hydrogen-bond donors (Lipinski definition) is 0. The Morgan fingerprint density at radius 2 is 1.76 bits per heavy atom. The van der Waals surface area contributed by atoms with Gasteiger partial charge in [0.2, 0.25) is 0 Å². The van der Waals surface area contributed by atoms with Gasteiger partial charge < -0.3 is 4.74 Å². The summed E-state index contributed by atoms with van der Waals surface area (Å²) in [6.45, 7) is 1.08. The Labute approximate surface area is 167 Å². The normalized spacial score (nSPS) is 19.1. The molecular formula is C22H23F4NO2. The van der Waals surface area contributed by atoms with Crippen LogP contribution in [0.25, 0.3) is 0 Å². The average molecular weight is 409 g/mol. The first kappa shape index (κ1) is 21.5. The third-order valence-corrected chi connectivity index (χ3v) is 5.34. The van der Waals surface area contributed by atoms with E-state index in [2.05, 4.69) is 0 Å². The lowest BCUT2D eigenvalue weighted by molar-refractivity contribution is -0.137. The second kappa shape index (κ2) is 9.05. The first-order chi connectivity index (χ1) is 13.8. The SMILES string of the molecule is COC(CN1CCCCC1C(=O)c1ccc(F)cc1)c1ccc(C(F)(F)F)cc1. The summed E-state index contributed by atoms with van der Waals surface area (Å²) in [6.07, 6.45) is -2.33. The van der Waals surface area contributed by atoms with Crippen LogP contribution in [0.15, 0.2) is 48.5 Å². The molecule has 2 unspecified atom stereocenters. The van der Waals surface area contributed by atoms with Crippen LogP contribution in [0.2, 0.25) is 0 Å². The van der Waals surface area contributed by atoms with Crippen LogP contribution in [-0.4, -0.2) is 36.9 Å². The van der Waals surface area contributed by atoms with Crippen molar-refractivity contribution in [2.75, 3.05) is 20.2 Å². The molecular weight excluding hydrogens is 386 g/mol. The van der Waals surface area contributed by atoms with Gasteiger partial charge in [-0.05, 0) is 61.3 Å². The summed E-state index contributed by atoms with van der Waals surface area (Å²) >= 11 is 0. The van der Waals surface area contributed by atoms with Gasteiger partial charge in [-0.15, -0.1) is 0 Å². The van der Waals surface area contributed by atoms with Gasteiger partial charge in [0.25, 0.3) is 0 Å². The number of likely N-dealkylation sites (tertiary alicyclic amines) is 1. The molecule has 0 saturated carbocycles. The van der Waals surface area contributed by atoms with E-state index in [-0.39, 0.29) is 11.8 Å². The van der Waals surface area contributed by atoms with Gasteiger partial charge in [0, 0.05) is 19.2 Å². The van der Waals surface area contributed by atoms with Gasteiger partial charge in [-0.1, -0.05) is 18.6 Å². The van der Waals surface area contributed by atoms with E-state index >= 15 is 0 Å². The van der Waals surface area contributed by atoms with Gasteiger partial charge in [0.05, 0.1) is 17.7 Å². The van der Waals surface area contributed by atoms with Crippen LogP contribution in [0, 0.1) is 5.82 Å². The summed E-state index contributed by atoms with van der Waals surface area (Å²) in [5, 5.41) is 0. The third kappa shape index (κ3) is 5.22. The molecule has 1 saturated heterocycles. The van der Waals surface area contributed by atoms with E-state index in [1.165, 1.54) is 43.5 Å². The zero-order chi connectivity index (χ0) is 21.0. The molecule has 0 radical (unpaired) electrons. The quantitative estimate of drug-likeness (QED) is 0.481. The molecule has 0 amide bonds. The van der Waals surface area contributed by atoms with Gasteiger partial charge >= 0.3 is 6.18 Å². The minimum atomic E-state index is -4.39. The fourth-order valence-corrected chi connectivity index (χ4v) is 3.73. The summed E-state index contributed by atoms with van der Waals surface area (Å²) < 4.78 is 57.1. The van der Waals surface area contributed by atoms with E-state index in [1.54, 1.807) is 0 Å². The number of alkyl halides is 3. The fourth-order valence-electron chi connectivity index (χ4n) is 3.73. The highest BCUT2D eigenvalue weighted by molar-refractivity contribution is 6.00. The molecule has 2 atom stereocenters. The molecule has 2 aromatic carbocycles. The van der Waals surface area contributed by atoms with Gasteiger partial charge in [0.15, 0.2) is 5.78 Å². The second-order valence-corrected chi connectivity index (χ2v) is 7.22. The van der Waals surface area contributed by atoms with Crippen LogP contribution >= 0.6 is 0 Å². The number of Topliss-reactive ketones (excluding diaryl/α,β-unsaturated/α-hetero) is 1. The van der Waals surface area contributed by atoms with E-state index in [0.717, 1.165) is 25.0 Å². The molecule has 0 spiro atoms. The summed E-state index contributed by atoms with van der Waals surface area (Å²) in [4.78, 5) is 15.0. The van der Waals surface area contributed by atoms with Gasteiger partial charge in [-0.25, -0.2) is 4.39 Å². The highest BCUT2D eigenvalue weighted by Gasteiger charge is 2.33. The molecule has 7 heteroatoms. The van der Waals surface area contributed by atoms with E-state index < -0.39 is 23.7 Å². The standard InChI is InChI=1S/C22H23F4NO2/c1-29-20(15-5-9-17(10-6-15)22(24,25)26)14-27-13-3-2-4-19(27)21(28)16-7-11-18(23)12-8-16/h5-12,19-20H,2-4,13-14H2,1H3. The van der Waals surface area contributed by atoms with Crippen LogP contribution < -0.4 is 0 Å². The van der Waals surface area contributed by atoms with Crippen molar-refractivity contribution in [3.8, 4) is 0 Å². The van der Waals surface area contributed by atoms with E-state index in [9.17, 15) is 22.4 Å². The summed E-state index contributed by atoms with van der Waals surface area (Å²) in [6, 6.07) is 10.0. The third-order valence-electron chi connectivity index (χ3n) is 5.34. The van der Waals surface area contributed by atoms with Crippen molar-refractivity contribution < 1.29 is 27.1 Å². The fraction of sp³-hybridized carbons (Fsp3) is 0.409. The van der Waals surface area contributed by atoms with E-state index in [0.29, 0.717) is 30.6 Å².